The van der Waals surface area contributed by atoms with E-state index in [4.69, 9.17) is 9.84 Å². The van der Waals surface area contributed by atoms with Crippen molar-refractivity contribution in [1.82, 2.24) is 0 Å². The van der Waals surface area contributed by atoms with Crippen LogP contribution in [0, 0.1) is 5.92 Å². The van der Waals surface area contributed by atoms with Gasteiger partial charge in [0.25, 0.3) is 5.92 Å². The van der Waals surface area contributed by atoms with Gasteiger partial charge in [0.2, 0.25) is 0 Å². The zero-order valence-corrected chi connectivity index (χ0v) is 20.2. The van der Waals surface area contributed by atoms with Gasteiger partial charge >= 0.3 is 5.97 Å². The van der Waals surface area contributed by atoms with E-state index in [1.807, 2.05) is 57.2 Å². The molecule has 182 valence electrons. The Kier molecular flexibility index (Phi) is 17.4. The Balaban J connectivity index is 0.000000602. The van der Waals surface area contributed by atoms with Crippen molar-refractivity contribution in [1.29, 1.82) is 0 Å². The average Bonchev–Trinajstić information content (AvgIpc) is 3.30. The van der Waals surface area contributed by atoms with Crippen LogP contribution < -0.4 is 0 Å². The van der Waals surface area contributed by atoms with Gasteiger partial charge < -0.3 is 9.84 Å². The van der Waals surface area contributed by atoms with Gasteiger partial charge in [0.15, 0.2) is 0 Å². The Morgan fingerprint density at radius 3 is 2.38 bits per heavy atom. The van der Waals surface area contributed by atoms with Crippen molar-refractivity contribution in [2.75, 3.05) is 7.11 Å². The van der Waals surface area contributed by atoms with Crippen LogP contribution in [0.25, 0.3) is 0 Å². The van der Waals surface area contributed by atoms with Gasteiger partial charge in [0.05, 0.1) is 6.10 Å². The number of hydrogen-bond acceptors (Lipinski definition) is 3. The van der Waals surface area contributed by atoms with Gasteiger partial charge in [-0.05, 0) is 70.4 Å². The van der Waals surface area contributed by atoms with Crippen molar-refractivity contribution in [2.45, 2.75) is 90.6 Å². The molecule has 1 aromatic carbocycles. The number of esters is 1. The smallest absolute Gasteiger partial charge is 0.306 e. The second-order valence-corrected chi connectivity index (χ2v) is 8.15. The molecule has 0 amide bonds. The lowest BCUT2D eigenvalue weighted by atomic mass is 10.0. The largest absolute Gasteiger partial charge is 0.463 e. The minimum absolute atomic E-state index is 0.0132. The Morgan fingerprint density at radius 1 is 1.19 bits per heavy atom. The number of carbonyl (C=O) groups is 1. The molecule has 1 fully saturated rings. The zero-order valence-electron chi connectivity index (χ0n) is 20.2. The van der Waals surface area contributed by atoms with Crippen molar-refractivity contribution in [3.05, 3.63) is 60.2 Å². The molecule has 0 saturated heterocycles. The lowest BCUT2D eigenvalue weighted by Crippen LogP contribution is -2.13. The molecule has 3 nitrogen and oxygen atoms in total. The van der Waals surface area contributed by atoms with E-state index in [0.29, 0.717) is 18.8 Å². The molecule has 1 N–H and O–H groups in total. The highest BCUT2D eigenvalue weighted by Crippen LogP contribution is 2.29. The summed E-state index contributed by atoms with van der Waals surface area (Å²) in [6, 6.07) is 9.48. The number of benzene rings is 1. The molecule has 2 rings (SSSR count). The van der Waals surface area contributed by atoms with E-state index in [2.05, 4.69) is 6.08 Å². The highest BCUT2D eigenvalue weighted by molar-refractivity contribution is 5.69. The average molecular weight is 453 g/mol. The molecule has 0 aromatic heterocycles. The number of allylic oxidation sites excluding steroid dienone is 4. The second kappa shape index (κ2) is 18.6. The molecular formula is C27H42F2O3. The molecule has 1 saturated carbocycles. The van der Waals surface area contributed by atoms with Gasteiger partial charge in [-0.25, -0.2) is 8.78 Å². The molecule has 0 bridgehead atoms. The molecule has 5 heteroatoms. The Hall–Kier alpha value is -2.01. The third-order valence-electron chi connectivity index (χ3n) is 4.96. The number of aliphatic hydroxyl groups excluding tert-OH is 1. The summed E-state index contributed by atoms with van der Waals surface area (Å²) in [5, 5.41) is 7.00. The number of rotatable bonds is 10. The first-order chi connectivity index (χ1) is 15.3. The quantitative estimate of drug-likeness (QED) is 0.230. The third kappa shape index (κ3) is 16.7. The summed E-state index contributed by atoms with van der Waals surface area (Å²) in [5.41, 5.74) is 0.978. The minimum atomic E-state index is -2.67. The van der Waals surface area contributed by atoms with Crippen molar-refractivity contribution < 1.29 is 23.4 Å². The van der Waals surface area contributed by atoms with Crippen molar-refractivity contribution in [3.8, 4) is 0 Å². The first-order valence-electron chi connectivity index (χ1n) is 11.7. The van der Waals surface area contributed by atoms with E-state index >= 15 is 0 Å². The fourth-order valence-corrected chi connectivity index (χ4v) is 3.32. The predicted octanol–water partition coefficient (Wildman–Crippen LogP) is 7.29. The van der Waals surface area contributed by atoms with Gasteiger partial charge in [-0.15, -0.1) is 0 Å². The topological polar surface area (TPSA) is 46.5 Å². The van der Waals surface area contributed by atoms with Gasteiger partial charge in [0, 0.05) is 20.0 Å². The molecule has 1 aliphatic carbocycles. The van der Waals surface area contributed by atoms with Crippen LogP contribution in [-0.2, 0) is 16.0 Å². The number of carbonyl (C=O) groups excluding carboxylic acids is 1. The molecule has 1 aromatic rings. The Morgan fingerprint density at radius 2 is 1.81 bits per heavy atom. The number of hydrogen-bond donors (Lipinski definition) is 1. The maximum absolute atomic E-state index is 13.7. The molecule has 0 radical (unpaired) electrons. The van der Waals surface area contributed by atoms with Crippen molar-refractivity contribution in [3.63, 3.8) is 0 Å². The lowest BCUT2D eigenvalue weighted by Gasteiger charge is -2.12. The van der Waals surface area contributed by atoms with Crippen LogP contribution in [0.15, 0.2) is 54.6 Å². The van der Waals surface area contributed by atoms with Gasteiger partial charge in [0.1, 0.15) is 0 Å². The van der Waals surface area contributed by atoms with Crippen molar-refractivity contribution >= 4 is 5.97 Å². The summed E-state index contributed by atoms with van der Waals surface area (Å²) in [6.45, 7) is 5.71. The van der Waals surface area contributed by atoms with Crippen LogP contribution in [0.3, 0.4) is 0 Å². The van der Waals surface area contributed by atoms with Gasteiger partial charge in [-0.3, -0.25) is 4.79 Å². The summed E-state index contributed by atoms with van der Waals surface area (Å²) in [5.74, 6) is -2.37. The second-order valence-electron chi connectivity index (χ2n) is 8.15. The molecule has 0 atom stereocenters. The lowest BCUT2D eigenvalue weighted by molar-refractivity contribution is -0.147. The van der Waals surface area contributed by atoms with Crippen LogP contribution >= 0.6 is 0 Å². The van der Waals surface area contributed by atoms with E-state index in [-0.39, 0.29) is 18.5 Å². The predicted molar refractivity (Wildman–Crippen MR) is 129 cm³/mol. The monoisotopic (exact) mass is 452 g/mol. The molecule has 32 heavy (non-hydrogen) atoms. The first kappa shape index (κ1) is 30.0. The van der Waals surface area contributed by atoms with Crippen LogP contribution in [0.5, 0.6) is 0 Å². The third-order valence-corrected chi connectivity index (χ3v) is 4.96. The molecule has 0 spiro atoms. The SMILES string of the molecule is C/C=C\CCCC(=O)OC(C)C.CO.FC(F)(/C=C/C1CCCC1)CCc1ccccc1. The highest BCUT2D eigenvalue weighted by Gasteiger charge is 2.25. The number of aryl methyl sites for hydroxylation is 1. The number of ether oxygens (including phenoxy) is 1. The van der Waals surface area contributed by atoms with Crippen LogP contribution in [0.1, 0.15) is 77.7 Å². The molecule has 1 aliphatic rings. The van der Waals surface area contributed by atoms with E-state index in [0.717, 1.165) is 44.4 Å². The number of alkyl halides is 2. The van der Waals surface area contributed by atoms with Gasteiger partial charge in [-0.2, -0.15) is 0 Å². The van der Waals surface area contributed by atoms with Crippen molar-refractivity contribution in [2.24, 2.45) is 5.92 Å². The summed E-state index contributed by atoms with van der Waals surface area (Å²) in [4.78, 5) is 11.0. The normalized spacial score (nSPS) is 14.2. The first-order valence-corrected chi connectivity index (χ1v) is 11.7. The summed E-state index contributed by atoms with van der Waals surface area (Å²) in [7, 11) is 1.00. The highest BCUT2D eigenvalue weighted by atomic mass is 19.3. The standard InChI is InChI=1S/C16H20F2.C10H18O2.CH4O/c17-16(18,13-11-15-8-4-5-9-15)12-10-14-6-2-1-3-7-14;1-4-5-6-7-8-10(11)12-9(2)3;1-2/h1-3,6-7,11,13,15H,4-5,8-10,12H2;4-5,9H,6-8H2,1-3H3;2H,1H3/b13-11+;5-4-;. The van der Waals surface area contributed by atoms with Crippen LogP contribution in [0.4, 0.5) is 8.78 Å². The van der Waals surface area contributed by atoms with E-state index in [9.17, 15) is 13.6 Å². The molecule has 0 unspecified atom stereocenters. The molecule has 0 heterocycles. The number of aliphatic hydroxyl groups is 1. The van der Waals surface area contributed by atoms with E-state index in [1.54, 1.807) is 6.08 Å². The maximum Gasteiger partial charge on any atom is 0.306 e. The van der Waals surface area contributed by atoms with Crippen LogP contribution in [0.2, 0.25) is 0 Å². The fourth-order valence-electron chi connectivity index (χ4n) is 3.32. The van der Waals surface area contributed by atoms with Crippen LogP contribution in [-0.4, -0.2) is 30.2 Å². The summed E-state index contributed by atoms with van der Waals surface area (Å²) >= 11 is 0. The molecular weight excluding hydrogens is 410 g/mol. The minimum Gasteiger partial charge on any atom is -0.463 e. The Labute approximate surface area is 193 Å². The Bertz CT molecular complexity index is 634. The fraction of sp³-hybridized carbons (Fsp3) is 0.593. The number of halogens is 2. The summed E-state index contributed by atoms with van der Waals surface area (Å²) < 4.78 is 32.3. The summed E-state index contributed by atoms with van der Waals surface area (Å²) in [6.07, 6.45) is 14.2. The van der Waals surface area contributed by atoms with E-state index < -0.39 is 5.92 Å². The van der Waals surface area contributed by atoms with Gasteiger partial charge in [-0.1, -0.05) is 61.4 Å². The maximum atomic E-state index is 13.7. The molecule has 0 aliphatic heterocycles. The zero-order chi connectivity index (χ0) is 24.2. The number of unbranched alkanes of at least 4 members (excludes halogenated alkanes) is 1. The van der Waals surface area contributed by atoms with E-state index in [1.165, 1.54) is 12.8 Å².